The molecule has 0 bridgehead atoms. The number of imidazole rings is 1. The Labute approximate surface area is 133 Å². The van der Waals surface area contributed by atoms with Crippen molar-refractivity contribution in [2.45, 2.75) is 19.9 Å². The molecule has 2 aromatic rings. The Bertz CT molecular complexity index is 653. The van der Waals surface area contributed by atoms with Crippen LogP contribution in [0.15, 0.2) is 30.7 Å². The normalized spacial score (nSPS) is 12.5. The monoisotopic (exact) mass is 326 g/mol. The first-order valence-corrected chi connectivity index (χ1v) is 7.26. The quantitative estimate of drug-likeness (QED) is 0.790. The molecule has 0 saturated carbocycles. The Kier molecular flexibility index (Phi) is 4.91. The minimum atomic E-state index is -0.404. The number of aromatic nitrogens is 2. The Morgan fingerprint density at radius 3 is 2.57 bits per heavy atom. The molecule has 0 aliphatic heterocycles. The summed E-state index contributed by atoms with van der Waals surface area (Å²) >= 11 is 11.9. The van der Waals surface area contributed by atoms with Crippen molar-refractivity contribution in [1.82, 2.24) is 9.55 Å². The van der Waals surface area contributed by atoms with E-state index < -0.39 is 6.04 Å². The van der Waals surface area contributed by atoms with E-state index in [4.69, 9.17) is 27.9 Å². The predicted octanol–water partition coefficient (Wildman–Crippen LogP) is 4.23. The molecule has 1 atom stereocenters. The van der Waals surface area contributed by atoms with Crippen LogP contribution in [0.25, 0.3) is 11.3 Å². The summed E-state index contributed by atoms with van der Waals surface area (Å²) in [5, 5.41) is 0.964. The number of rotatable bonds is 4. The van der Waals surface area contributed by atoms with Crippen molar-refractivity contribution < 1.29 is 9.53 Å². The third-order valence-corrected chi connectivity index (χ3v) is 3.95. The Balaban J connectivity index is 2.36. The molecule has 0 saturated heterocycles. The zero-order valence-corrected chi connectivity index (χ0v) is 13.5. The van der Waals surface area contributed by atoms with E-state index >= 15 is 0 Å². The van der Waals surface area contributed by atoms with Gasteiger partial charge >= 0.3 is 5.97 Å². The standard InChI is InChI=1S/C15H16Cl2N2O2/c1-9(2)14(15(20)21-3)19-7-13(18-8-19)10-4-5-11(16)12(17)6-10/h4-9,14H,1-3H3/t14-/m1/s1. The second kappa shape index (κ2) is 6.50. The SMILES string of the molecule is COC(=O)[C@@H](C(C)C)n1cnc(-c2ccc(Cl)c(Cl)c2)c1. The number of hydrogen-bond acceptors (Lipinski definition) is 3. The molecule has 1 aromatic heterocycles. The second-order valence-corrected chi connectivity index (χ2v) is 5.86. The summed E-state index contributed by atoms with van der Waals surface area (Å²) in [6, 6.07) is 4.90. The van der Waals surface area contributed by atoms with Crippen LogP contribution in [0, 0.1) is 5.92 Å². The van der Waals surface area contributed by atoms with E-state index in [1.54, 1.807) is 29.2 Å². The van der Waals surface area contributed by atoms with E-state index in [1.807, 2.05) is 19.9 Å². The van der Waals surface area contributed by atoms with Crippen molar-refractivity contribution in [3.05, 3.63) is 40.8 Å². The number of halogens is 2. The first-order chi connectivity index (χ1) is 9.93. The first kappa shape index (κ1) is 15.9. The Morgan fingerprint density at radius 2 is 2.00 bits per heavy atom. The van der Waals surface area contributed by atoms with Crippen LogP contribution < -0.4 is 0 Å². The minimum absolute atomic E-state index is 0.0910. The molecule has 21 heavy (non-hydrogen) atoms. The van der Waals surface area contributed by atoms with Crippen molar-refractivity contribution in [1.29, 1.82) is 0 Å². The number of methoxy groups -OCH3 is 1. The molecule has 0 amide bonds. The molecule has 0 fully saturated rings. The van der Waals surface area contributed by atoms with Crippen LogP contribution in [0.2, 0.25) is 10.0 Å². The molecule has 0 N–H and O–H groups in total. The van der Waals surface area contributed by atoms with E-state index in [9.17, 15) is 4.79 Å². The number of nitrogens with zero attached hydrogens (tertiary/aromatic N) is 2. The van der Waals surface area contributed by atoms with Gasteiger partial charge in [0.15, 0.2) is 0 Å². The largest absolute Gasteiger partial charge is 0.467 e. The summed E-state index contributed by atoms with van der Waals surface area (Å²) in [6.45, 7) is 3.92. The lowest BCUT2D eigenvalue weighted by Gasteiger charge is -2.19. The van der Waals surface area contributed by atoms with E-state index in [0.29, 0.717) is 10.0 Å². The molecule has 0 spiro atoms. The van der Waals surface area contributed by atoms with Crippen LogP contribution in [0.1, 0.15) is 19.9 Å². The van der Waals surface area contributed by atoms with Crippen molar-refractivity contribution in [3.63, 3.8) is 0 Å². The number of esters is 1. The van der Waals surface area contributed by atoms with E-state index in [0.717, 1.165) is 11.3 Å². The average Bonchev–Trinajstić information content (AvgIpc) is 2.90. The van der Waals surface area contributed by atoms with E-state index in [-0.39, 0.29) is 11.9 Å². The molecular weight excluding hydrogens is 311 g/mol. The highest BCUT2D eigenvalue weighted by atomic mass is 35.5. The highest BCUT2D eigenvalue weighted by Gasteiger charge is 2.25. The maximum Gasteiger partial charge on any atom is 0.329 e. The number of carbonyl (C=O) groups is 1. The molecule has 2 rings (SSSR count). The lowest BCUT2D eigenvalue weighted by molar-refractivity contribution is -0.146. The van der Waals surface area contributed by atoms with Gasteiger partial charge in [0.05, 0.1) is 29.2 Å². The summed E-state index contributed by atoms with van der Waals surface area (Å²) in [5.74, 6) is -0.198. The van der Waals surface area contributed by atoms with Gasteiger partial charge in [-0.1, -0.05) is 43.1 Å². The fourth-order valence-electron chi connectivity index (χ4n) is 2.15. The highest BCUT2D eigenvalue weighted by Crippen LogP contribution is 2.29. The van der Waals surface area contributed by atoms with Crippen LogP contribution >= 0.6 is 23.2 Å². The van der Waals surface area contributed by atoms with Crippen molar-refractivity contribution in [2.24, 2.45) is 5.92 Å². The van der Waals surface area contributed by atoms with Crippen molar-refractivity contribution in [3.8, 4) is 11.3 Å². The van der Waals surface area contributed by atoms with Gasteiger partial charge in [-0.15, -0.1) is 0 Å². The predicted molar refractivity (Wildman–Crippen MR) is 83.6 cm³/mol. The summed E-state index contributed by atoms with van der Waals surface area (Å²) in [5.41, 5.74) is 1.57. The molecule has 1 heterocycles. The molecular formula is C15H16Cl2N2O2. The molecule has 6 heteroatoms. The first-order valence-electron chi connectivity index (χ1n) is 6.50. The third-order valence-electron chi connectivity index (χ3n) is 3.21. The summed E-state index contributed by atoms with van der Waals surface area (Å²) < 4.78 is 6.61. The molecule has 0 radical (unpaired) electrons. The van der Waals surface area contributed by atoms with Crippen LogP contribution in [0.5, 0.6) is 0 Å². The lowest BCUT2D eigenvalue weighted by atomic mass is 10.0. The average molecular weight is 327 g/mol. The smallest absolute Gasteiger partial charge is 0.329 e. The molecule has 4 nitrogen and oxygen atoms in total. The fraction of sp³-hybridized carbons (Fsp3) is 0.333. The maximum atomic E-state index is 11.9. The third kappa shape index (κ3) is 3.39. The van der Waals surface area contributed by atoms with Gasteiger partial charge in [-0.2, -0.15) is 0 Å². The lowest BCUT2D eigenvalue weighted by Crippen LogP contribution is -2.24. The molecule has 0 aliphatic carbocycles. The van der Waals surface area contributed by atoms with E-state index in [2.05, 4.69) is 4.98 Å². The number of hydrogen-bond donors (Lipinski definition) is 0. The van der Waals surface area contributed by atoms with Gasteiger partial charge in [-0.3, -0.25) is 0 Å². The Hall–Kier alpha value is -1.52. The van der Waals surface area contributed by atoms with Gasteiger partial charge in [-0.05, 0) is 18.1 Å². The topological polar surface area (TPSA) is 44.1 Å². The van der Waals surface area contributed by atoms with E-state index in [1.165, 1.54) is 7.11 Å². The van der Waals surface area contributed by atoms with Gasteiger partial charge in [0.2, 0.25) is 0 Å². The van der Waals surface area contributed by atoms with Gasteiger partial charge in [0.1, 0.15) is 6.04 Å². The van der Waals surface area contributed by atoms with Gasteiger partial charge in [-0.25, -0.2) is 9.78 Å². The summed E-state index contributed by atoms with van der Waals surface area (Å²) in [7, 11) is 1.38. The number of ether oxygens (including phenoxy) is 1. The highest BCUT2D eigenvalue weighted by molar-refractivity contribution is 6.42. The summed E-state index contributed by atoms with van der Waals surface area (Å²) in [6.07, 6.45) is 3.43. The zero-order chi connectivity index (χ0) is 15.6. The number of benzene rings is 1. The van der Waals surface area contributed by atoms with Crippen LogP contribution in [-0.4, -0.2) is 22.6 Å². The molecule has 1 aromatic carbocycles. The zero-order valence-electron chi connectivity index (χ0n) is 12.0. The van der Waals surface area contributed by atoms with Crippen molar-refractivity contribution >= 4 is 29.2 Å². The van der Waals surface area contributed by atoms with Crippen LogP contribution in [0.3, 0.4) is 0 Å². The summed E-state index contributed by atoms with van der Waals surface area (Å²) in [4.78, 5) is 16.2. The second-order valence-electron chi connectivity index (χ2n) is 5.05. The maximum absolute atomic E-state index is 11.9. The van der Waals surface area contributed by atoms with Crippen molar-refractivity contribution in [2.75, 3.05) is 7.11 Å². The molecule has 0 unspecified atom stereocenters. The Morgan fingerprint density at radius 1 is 1.29 bits per heavy atom. The molecule has 112 valence electrons. The van der Waals surface area contributed by atoms with Gasteiger partial charge in [0.25, 0.3) is 0 Å². The fourth-order valence-corrected chi connectivity index (χ4v) is 2.45. The number of carbonyl (C=O) groups excluding carboxylic acids is 1. The van der Waals surface area contributed by atoms with Crippen LogP contribution in [-0.2, 0) is 9.53 Å². The van der Waals surface area contributed by atoms with Crippen LogP contribution in [0.4, 0.5) is 0 Å². The molecule has 0 aliphatic rings. The van der Waals surface area contributed by atoms with Gasteiger partial charge < -0.3 is 9.30 Å². The minimum Gasteiger partial charge on any atom is -0.467 e. The van der Waals surface area contributed by atoms with Gasteiger partial charge in [0, 0.05) is 11.8 Å².